The van der Waals surface area contributed by atoms with Gasteiger partial charge in [0.25, 0.3) is 0 Å². The predicted octanol–water partition coefficient (Wildman–Crippen LogP) is 1.10. The van der Waals surface area contributed by atoms with Crippen LogP contribution in [0.1, 0.15) is 5.56 Å². The van der Waals surface area contributed by atoms with Crippen molar-refractivity contribution in [3.63, 3.8) is 0 Å². The van der Waals surface area contributed by atoms with E-state index in [9.17, 15) is 4.79 Å². The Bertz CT molecular complexity index is 652. The fourth-order valence-electron chi connectivity index (χ4n) is 2.84. The summed E-state index contributed by atoms with van der Waals surface area (Å²) in [4.78, 5) is 20.6. The Balaban J connectivity index is 1.60. The normalized spacial score (nSPS) is 15.5. The molecule has 0 radical (unpaired) electrons. The minimum atomic E-state index is 0.214. The van der Waals surface area contributed by atoms with Gasteiger partial charge in [0.15, 0.2) is 0 Å². The Morgan fingerprint density at radius 1 is 1.32 bits per heavy atom. The third kappa shape index (κ3) is 3.61. The highest BCUT2D eigenvalue weighted by molar-refractivity contribution is 5.79. The molecule has 0 bridgehead atoms. The third-order valence-electron chi connectivity index (χ3n) is 3.99. The van der Waals surface area contributed by atoms with Crippen LogP contribution < -0.4 is 5.32 Å². The number of likely N-dealkylation sites (N-methyl/N-ethyl adjacent to an activating group) is 1. The zero-order valence-electron chi connectivity index (χ0n) is 13.0. The van der Waals surface area contributed by atoms with Crippen molar-refractivity contribution in [2.45, 2.75) is 6.54 Å². The molecule has 1 aliphatic heterocycles. The molecule has 0 atom stereocenters. The van der Waals surface area contributed by atoms with Gasteiger partial charge in [0.1, 0.15) is 0 Å². The standard InChI is InChI=1S/C17H22N4O/c1-20(13-17(22)21-9-7-18-8-10-21)12-14-4-5-16-15(11-14)3-2-6-19-16/h2-6,11,18H,7-10,12-13H2,1H3. The second-order valence-electron chi connectivity index (χ2n) is 5.83. The lowest BCUT2D eigenvalue weighted by Crippen LogP contribution is -2.49. The quantitative estimate of drug-likeness (QED) is 0.918. The summed E-state index contributed by atoms with van der Waals surface area (Å²) in [6.07, 6.45) is 1.81. The predicted molar refractivity (Wildman–Crippen MR) is 87.5 cm³/mol. The highest BCUT2D eigenvalue weighted by atomic mass is 16.2. The van der Waals surface area contributed by atoms with Gasteiger partial charge in [-0.2, -0.15) is 0 Å². The third-order valence-corrected chi connectivity index (χ3v) is 3.99. The Morgan fingerprint density at radius 2 is 2.14 bits per heavy atom. The van der Waals surface area contributed by atoms with Crippen molar-refractivity contribution < 1.29 is 4.79 Å². The molecule has 116 valence electrons. The lowest BCUT2D eigenvalue weighted by molar-refractivity contribution is -0.132. The van der Waals surface area contributed by atoms with Crippen LogP contribution in [0.25, 0.3) is 10.9 Å². The maximum absolute atomic E-state index is 12.3. The van der Waals surface area contributed by atoms with Crippen LogP contribution in [0, 0.1) is 0 Å². The van der Waals surface area contributed by atoms with Gasteiger partial charge >= 0.3 is 0 Å². The molecule has 0 saturated carbocycles. The number of piperazine rings is 1. The zero-order valence-corrected chi connectivity index (χ0v) is 13.0. The lowest BCUT2D eigenvalue weighted by atomic mass is 10.1. The van der Waals surface area contributed by atoms with Crippen molar-refractivity contribution >= 4 is 16.8 Å². The molecule has 0 aliphatic carbocycles. The molecule has 1 aromatic heterocycles. The topological polar surface area (TPSA) is 48.5 Å². The maximum atomic E-state index is 12.3. The molecule has 1 saturated heterocycles. The molecule has 5 heteroatoms. The summed E-state index contributed by atoms with van der Waals surface area (Å²) >= 11 is 0. The monoisotopic (exact) mass is 298 g/mol. The van der Waals surface area contributed by atoms with Crippen molar-refractivity contribution in [2.24, 2.45) is 0 Å². The molecule has 1 N–H and O–H groups in total. The molecule has 5 nitrogen and oxygen atoms in total. The van der Waals surface area contributed by atoms with Crippen LogP contribution in [0.2, 0.25) is 0 Å². The number of nitrogens with zero attached hydrogens (tertiary/aromatic N) is 3. The number of pyridine rings is 1. The summed E-state index contributed by atoms with van der Waals surface area (Å²) in [5, 5.41) is 4.41. The molecule has 2 heterocycles. The summed E-state index contributed by atoms with van der Waals surface area (Å²) in [5.74, 6) is 0.214. The highest BCUT2D eigenvalue weighted by Gasteiger charge is 2.17. The van der Waals surface area contributed by atoms with Gasteiger partial charge in [-0.1, -0.05) is 12.1 Å². The van der Waals surface area contributed by atoms with E-state index in [1.54, 1.807) is 6.20 Å². The molecule has 1 aliphatic rings. The smallest absolute Gasteiger partial charge is 0.236 e. The number of aromatic nitrogens is 1. The first-order chi connectivity index (χ1) is 10.7. The number of rotatable bonds is 4. The highest BCUT2D eigenvalue weighted by Crippen LogP contribution is 2.14. The Morgan fingerprint density at radius 3 is 2.95 bits per heavy atom. The molecular formula is C17H22N4O. The van der Waals surface area contributed by atoms with E-state index in [0.29, 0.717) is 6.54 Å². The second-order valence-corrected chi connectivity index (χ2v) is 5.83. The van der Waals surface area contributed by atoms with Gasteiger partial charge < -0.3 is 10.2 Å². The van der Waals surface area contributed by atoms with E-state index in [1.807, 2.05) is 24.1 Å². The SMILES string of the molecule is CN(CC(=O)N1CCNCC1)Cc1ccc2ncccc2c1. The maximum Gasteiger partial charge on any atom is 0.236 e. The Hall–Kier alpha value is -1.98. The van der Waals surface area contributed by atoms with Crippen LogP contribution in [0.3, 0.4) is 0 Å². The first-order valence-electron chi connectivity index (χ1n) is 7.73. The molecule has 0 unspecified atom stereocenters. The summed E-state index contributed by atoms with van der Waals surface area (Å²) in [6.45, 7) is 4.65. The van der Waals surface area contributed by atoms with Gasteiger partial charge in [-0.05, 0) is 30.8 Å². The van der Waals surface area contributed by atoms with Crippen LogP contribution >= 0.6 is 0 Å². The molecule has 1 aromatic carbocycles. The van der Waals surface area contributed by atoms with Gasteiger partial charge in [0.2, 0.25) is 5.91 Å². The average Bonchev–Trinajstić information content (AvgIpc) is 2.55. The summed E-state index contributed by atoms with van der Waals surface area (Å²) in [6, 6.07) is 10.3. The van der Waals surface area contributed by atoms with E-state index < -0.39 is 0 Å². The van der Waals surface area contributed by atoms with E-state index >= 15 is 0 Å². The van der Waals surface area contributed by atoms with Crippen LogP contribution in [0.4, 0.5) is 0 Å². The van der Waals surface area contributed by atoms with Gasteiger partial charge in [-0.25, -0.2) is 0 Å². The fraction of sp³-hybridized carbons (Fsp3) is 0.412. The fourth-order valence-corrected chi connectivity index (χ4v) is 2.84. The minimum absolute atomic E-state index is 0.214. The molecule has 1 amide bonds. The van der Waals surface area contributed by atoms with Crippen molar-refractivity contribution in [2.75, 3.05) is 39.8 Å². The van der Waals surface area contributed by atoms with Crippen LogP contribution in [-0.4, -0.2) is 60.5 Å². The molecular weight excluding hydrogens is 276 g/mol. The summed E-state index contributed by atoms with van der Waals surface area (Å²) in [7, 11) is 1.99. The second kappa shape index (κ2) is 6.85. The van der Waals surface area contributed by atoms with Crippen LogP contribution in [0.15, 0.2) is 36.5 Å². The van der Waals surface area contributed by atoms with Gasteiger partial charge in [-0.3, -0.25) is 14.7 Å². The van der Waals surface area contributed by atoms with E-state index in [2.05, 4.69) is 33.4 Å². The van der Waals surface area contributed by atoms with Crippen molar-refractivity contribution in [3.8, 4) is 0 Å². The number of carbonyl (C=O) groups excluding carboxylic acids is 1. The van der Waals surface area contributed by atoms with Gasteiger partial charge in [-0.15, -0.1) is 0 Å². The zero-order chi connectivity index (χ0) is 15.4. The van der Waals surface area contributed by atoms with Crippen molar-refractivity contribution in [1.82, 2.24) is 20.1 Å². The molecule has 0 spiro atoms. The van der Waals surface area contributed by atoms with E-state index in [0.717, 1.165) is 43.6 Å². The number of carbonyl (C=O) groups is 1. The van der Waals surface area contributed by atoms with Crippen molar-refractivity contribution in [3.05, 3.63) is 42.1 Å². The number of amides is 1. The molecule has 22 heavy (non-hydrogen) atoms. The van der Waals surface area contributed by atoms with Gasteiger partial charge in [0.05, 0.1) is 12.1 Å². The van der Waals surface area contributed by atoms with E-state index in [1.165, 1.54) is 5.56 Å². The van der Waals surface area contributed by atoms with Crippen molar-refractivity contribution in [1.29, 1.82) is 0 Å². The largest absolute Gasteiger partial charge is 0.339 e. The summed E-state index contributed by atoms with van der Waals surface area (Å²) in [5.41, 5.74) is 2.21. The molecule has 1 fully saturated rings. The summed E-state index contributed by atoms with van der Waals surface area (Å²) < 4.78 is 0. The Kier molecular flexibility index (Phi) is 4.65. The van der Waals surface area contributed by atoms with Crippen LogP contribution in [0.5, 0.6) is 0 Å². The number of hydrogen-bond donors (Lipinski definition) is 1. The average molecular weight is 298 g/mol. The number of fused-ring (bicyclic) bond motifs is 1. The first-order valence-corrected chi connectivity index (χ1v) is 7.73. The Labute approximate surface area is 130 Å². The van der Waals surface area contributed by atoms with E-state index in [4.69, 9.17) is 0 Å². The minimum Gasteiger partial charge on any atom is -0.339 e. The molecule has 2 aromatic rings. The van der Waals surface area contributed by atoms with Gasteiger partial charge in [0, 0.05) is 44.3 Å². The lowest BCUT2D eigenvalue weighted by Gasteiger charge is -2.29. The van der Waals surface area contributed by atoms with E-state index in [-0.39, 0.29) is 5.91 Å². The number of nitrogens with one attached hydrogen (secondary N) is 1. The van der Waals surface area contributed by atoms with Crippen LogP contribution in [-0.2, 0) is 11.3 Å². The first kappa shape index (κ1) is 14.9. The number of hydrogen-bond acceptors (Lipinski definition) is 4. The molecule has 3 rings (SSSR count). The number of benzene rings is 1.